The van der Waals surface area contributed by atoms with Crippen LogP contribution in [0.25, 0.3) is 5.76 Å². The summed E-state index contributed by atoms with van der Waals surface area (Å²) in [6, 6.07) is 18.2. The van der Waals surface area contributed by atoms with Gasteiger partial charge in [-0.05, 0) is 36.4 Å². The van der Waals surface area contributed by atoms with Crippen molar-refractivity contribution in [3.05, 3.63) is 98.7 Å². The third-order valence-electron chi connectivity index (χ3n) is 5.25. The number of Topliss-reactive ketones (excluding diaryl/α,β-unsaturated/α-hetero) is 1. The van der Waals surface area contributed by atoms with Crippen LogP contribution >= 0.6 is 11.3 Å². The third-order valence-corrected chi connectivity index (χ3v) is 6.12. The van der Waals surface area contributed by atoms with Gasteiger partial charge in [-0.2, -0.15) is 0 Å². The summed E-state index contributed by atoms with van der Waals surface area (Å²) in [7, 11) is 0. The lowest BCUT2D eigenvalue weighted by Gasteiger charge is -2.26. The molecule has 0 aliphatic carbocycles. The molecule has 1 saturated heterocycles. The van der Waals surface area contributed by atoms with Crippen LogP contribution in [0.3, 0.4) is 0 Å². The predicted molar refractivity (Wildman–Crippen MR) is 115 cm³/mol. The highest BCUT2D eigenvalue weighted by molar-refractivity contribution is 7.09. The molecule has 3 aromatic rings. The highest BCUT2D eigenvalue weighted by atomic mass is 32.1. The summed E-state index contributed by atoms with van der Waals surface area (Å²) >= 11 is 1.54. The molecule has 0 spiro atoms. The first-order valence-corrected chi connectivity index (χ1v) is 10.3. The molecule has 0 radical (unpaired) electrons. The molecule has 1 aliphatic rings. The minimum absolute atomic E-state index is 0.134. The number of likely N-dealkylation sites (tertiary alicyclic amines) is 1. The number of thiophene rings is 1. The van der Waals surface area contributed by atoms with Gasteiger partial charge in [0.1, 0.15) is 5.76 Å². The Bertz CT molecular complexity index is 1100. The van der Waals surface area contributed by atoms with Gasteiger partial charge < -0.3 is 10.0 Å². The maximum absolute atomic E-state index is 13.0. The van der Waals surface area contributed by atoms with Crippen molar-refractivity contribution >= 4 is 28.8 Å². The van der Waals surface area contributed by atoms with Crippen molar-refractivity contribution in [2.75, 3.05) is 0 Å². The minimum atomic E-state index is -0.645. The molecule has 1 amide bonds. The molecule has 0 saturated carbocycles. The Labute approximate surface area is 173 Å². The Morgan fingerprint density at radius 1 is 1.00 bits per heavy atom. The highest BCUT2D eigenvalue weighted by Crippen LogP contribution is 2.41. The molecule has 2 aromatic carbocycles. The molecule has 1 aromatic heterocycles. The summed E-state index contributed by atoms with van der Waals surface area (Å²) in [6.45, 7) is 4.23. The van der Waals surface area contributed by atoms with E-state index in [4.69, 9.17) is 0 Å². The number of nitrogens with zero attached hydrogens (tertiary/aromatic N) is 1. The third kappa shape index (κ3) is 3.49. The quantitative estimate of drug-likeness (QED) is 0.379. The number of hydrogen-bond acceptors (Lipinski definition) is 4. The molecule has 29 heavy (non-hydrogen) atoms. The highest BCUT2D eigenvalue weighted by Gasteiger charge is 2.46. The first-order valence-electron chi connectivity index (χ1n) is 9.40. The van der Waals surface area contributed by atoms with Gasteiger partial charge in [0.25, 0.3) is 11.7 Å². The fourth-order valence-electron chi connectivity index (χ4n) is 3.70. The standard InChI is InChI=1S/C24H21NO3S/c1-15-9-11-17(12-10-15)22(26)20-21(19-8-4-3-6-16(19)2)25(24(28)23(20)27)14-18-7-5-13-29-18/h3-13,21,26H,14H2,1-2H3/b22-20+. The van der Waals surface area contributed by atoms with Crippen molar-refractivity contribution in [2.24, 2.45) is 0 Å². The first-order chi connectivity index (χ1) is 14.0. The Kier molecular flexibility index (Phi) is 5.07. The van der Waals surface area contributed by atoms with E-state index in [1.54, 1.807) is 17.0 Å². The lowest BCUT2D eigenvalue weighted by molar-refractivity contribution is -0.140. The van der Waals surface area contributed by atoms with Crippen molar-refractivity contribution in [3.8, 4) is 0 Å². The van der Waals surface area contributed by atoms with Crippen LogP contribution in [0.5, 0.6) is 0 Å². The summed E-state index contributed by atoms with van der Waals surface area (Å²) in [5, 5.41) is 13.0. The lowest BCUT2D eigenvalue weighted by atomic mass is 9.92. The second-order valence-electron chi connectivity index (χ2n) is 7.23. The zero-order valence-electron chi connectivity index (χ0n) is 16.3. The SMILES string of the molecule is Cc1ccc(/C(O)=C2\C(=O)C(=O)N(Cc3cccs3)C2c2ccccc2C)cc1. The number of ketones is 1. The molecule has 1 atom stereocenters. The molecular weight excluding hydrogens is 382 g/mol. The molecule has 0 bridgehead atoms. The smallest absolute Gasteiger partial charge is 0.295 e. The van der Waals surface area contributed by atoms with Crippen LogP contribution in [0.4, 0.5) is 0 Å². The number of rotatable bonds is 4. The van der Waals surface area contributed by atoms with E-state index in [-0.39, 0.29) is 11.3 Å². The van der Waals surface area contributed by atoms with E-state index in [0.717, 1.165) is 21.6 Å². The topological polar surface area (TPSA) is 57.6 Å². The van der Waals surface area contributed by atoms with E-state index in [1.807, 2.05) is 67.8 Å². The molecule has 1 fully saturated rings. The van der Waals surface area contributed by atoms with Crippen molar-refractivity contribution in [3.63, 3.8) is 0 Å². The van der Waals surface area contributed by atoms with Crippen molar-refractivity contribution in [1.82, 2.24) is 4.90 Å². The Balaban J connectivity index is 1.89. The molecule has 2 heterocycles. The summed E-state index contributed by atoms with van der Waals surface area (Å²) < 4.78 is 0. The van der Waals surface area contributed by atoms with E-state index in [1.165, 1.54) is 11.3 Å². The van der Waals surface area contributed by atoms with Crippen LogP contribution in [0.1, 0.15) is 33.2 Å². The largest absolute Gasteiger partial charge is 0.507 e. The Hall–Kier alpha value is -3.18. The number of carbonyl (C=O) groups excluding carboxylic acids is 2. The average molecular weight is 404 g/mol. The van der Waals surface area contributed by atoms with Gasteiger partial charge in [-0.3, -0.25) is 9.59 Å². The molecule has 4 rings (SSSR count). The second kappa shape index (κ2) is 7.68. The fourth-order valence-corrected chi connectivity index (χ4v) is 4.40. The molecule has 1 aliphatic heterocycles. The van der Waals surface area contributed by atoms with Gasteiger partial charge in [-0.25, -0.2) is 0 Å². The van der Waals surface area contributed by atoms with Gasteiger partial charge in [-0.1, -0.05) is 60.2 Å². The number of benzene rings is 2. The summed E-state index contributed by atoms with van der Waals surface area (Å²) in [5.41, 5.74) is 3.53. The van der Waals surface area contributed by atoms with Crippen molar-refractivity contribution in [2.45, 2.75) is 26.4 Å². The first kappa shape index (κ1) is 19.2. The average Bonchev–Trinajstić information content (AvgIpc) is 3.31. The van der Waals surface area contributed by atoms with Gasteiger partial charge in [0.15, 0.2) is 0 Å². The van der Waals surface area contributed by atoms with Crippen LogP contribution in [-0.2, 0) is 16.1 Å². The van der Waals surface area contributed by atoms with Gasteiger partial charge in [-0.15, -0.1) is 11.3 Å². The van der Waals surface area contributed by atoms with Crippen LogP contribution < -0.4 is 0 Å². The maximum Gasteiger partial charge on any atom is 0.295 e. The number of aliphatic hydroxyl groups is 1. The normalized spacial score (nSPS) is 18.4. The zero-order chi connectivity index (χ0) is 20.5. The zero-order valence-corrected chi connectivity index (χ0v) is 17.1. The summed E-state index contributed by atoms with van der Waals surface area (Å²) in [6.07, 6.45) is 0. The Morgan fingerprint density at radius 3 is 2.38 bits per heavy atom. The number of hydrogen-bond donors (Lipinski definition) is 1. The fraction of sp³-hybridized carbons (Fsp3) is 0.167. The maximum atomic E-state index is 13.0. The molecule has 1 N–H and O–H groups in total. The van der Waals surface area contributed by atoms with Crippen LogP contribution in [0, 0.1) is 13.8 Å². The van der Waals surface area contributed by atoms with Gasteiger partial charge in [0, 0.05) is 10.4 Å². The number of aryl methyl sites for hydroxylation is 2. The van der Waals surface area contributed by atoms with E-state index >= 15 is 0 Å². The summed E-state index contributed by atoms with van der Waals surface area (Å²) in [5.74, 6) is -1.36. The minimum Gasteiger partial charge on any atom is -0.507 e. The van der Waals surface area contributed by atoms with Crippen LogP contribution in [0.2, 0.25) is 0 Å². The number of carbonyl (C=O) groups is 2. The van der Waals surface area contributed by atoms with E-state index in [9.17, 15) is 14.7 Å². The summed E-state index contributed by atoms with van der Waals surface area (Å²) in [4.78, 5) is 28.5. The molecular formula is C24H21NO3S. The monoisotopic (exact) mass is 403 g/mol. The van der Waals surface area contributed by atoms with Gasteiger partial charge in [0.05, 0.1) is 18.2 Å². The van der Waals surface area contributed by atoms with Crippen LogP contribution in [0.15, 0.2) is 71.6 Å². The molecule has 146 valence electrons. The molecule has 5 heteroatoms. The molecule has 1 unspecified atom stereocenters. The molecule has 4 nitrogen and oxygen atoms in total. The van der Waals surface area contributed by atoms with Crippen molar-refractivity contribution < 1.29 is 14.7 Å². The number of aliphatic hydroxyl groups excluding tert-OH is 1. The van der Waals surface area contributed by atoms with E-state index < -0.39 is 17.7 Å². The van der Waals surface area contributed by atoms with Gasteiger partial charge in [0.2, 0.25) is 0 Å². The predicted octanol–water partition coefficient (Wildman–Crippen LogP) is 4.99. The second-order valence-corrected chi connectivity index (χ2v) is 8.26. The number of amides is 1. The van der Waals surface area contributed by atoms with Gasteiger partial charge >= 0.3 is 0 Å². The Morgan fingerprint density at radius 2 is 1.72 bits per heavy atom. The van der Waals surface area contributed by atoms with Crippen LogP contribution in [-0.4, -0.2) is 21.7 Å². The van der Waals surface area contributed by atoms with Crippen molar-refractivity contribution in [1.29, 1.82) is 0 Å². The lowest BCUT2D eigenvalue weighted by Crippen LogP contribution is -2.29. The van der Waals surface area contributed by atoms with E-state index in [0.29, 0.717) is 12.1 Å². The van der Waals surface area contributed by atoms with E-state index in [2.05, 4.69) is 0 Å².